The average molecular weight is 479 g/mol. The molecule has 0 radical (unpaired) electrons. The Morgan fingerprint density at radius 2 is 1.71 bits per heavy atom. The lowest BCUT2D eigenvalue weighted by molar-refractivity contribution is -0.136. The molecule has 4 rings (SSSR count). The van der Waals surface area contributed by atoms with E-state index in [4.69, 9.17) is 25.8 Å². The second-order valence-corrected chi connectivity index (χ2v) is 7.94. The zero-order valence-corrected chi connectivity index (χ0v) is 19.4. The van der Waals surface area contributed by atoms with Crippen molar-refractivity contribution in [1.29, 1.82) is 0 Å². The van der Waals surface area contributed by atoms with Crippen LogP contribution in [0.4, 0.5) is 4.79 Å². The summed E-state index contributed by atoms with van der Waals surface area (Å²) >= 11 is 5.96. The highest BCUT2D eigenvalue weighted by atomic mass is 35.5. The van der Waals surface area contributed by atoms with Gasteiger partial charge in [-0.05, 0) is 41.0 Å². The third-order valence-corrected chi connectivity index (χ3v) is 5.62. The maximum absolute atomic E-state index is 12.8. The van der Waals surface area contributed by atoms with Gasteiger partial charge < -0.3 is 24.8 Å². The molecule has 34 heavy (non-hydrogen) atoms. The lowest BCUT2D eigenvalue weighted by Crippen LogP contribution is -2.45. The number of carbonyl (C=O) groups excluding carboxylic acids is 2. The summed E-state index contributed by atoms with van der Waals surface area (Å²) in [6, 6.07) is 20.5. The molecule has 2 N–H and O–H groups in total. The number of urea groups is 1. The number of hydrogen-bond donors (Lipinski definition) is 2. The summed E-state index contributed by atoms with van der Waals surface area (Å²) in [5, 5.41) is 6.21. The molecule has 0 saturated carbocycles. The van der Waals surface area contributed by atoms with E-state index in [2.05, 4.69) is 10.6 Å². The van der Waals surface area contributed by atoms with Crippen molar-refractivity contribution >= 4 is 29.3 Å². The molecule has 2 amide bonds. The number of carbonyl (C=O) groups is 2. The first-order valence-corrected chi connectivity index (χ1v) is 10.9. The van der Waals surface area contributed by atoms with Crippen molar-refractivity contribution in [2.45, 2.75) is 12.6 Å². The van der Waals surface area contributed by atoms with Crippen LogP contribution in [0.5, 0.6) is 11.5 Å². The van der Waals surface area contributed by atoms with E-state index in [0.29, 0.717) is 33.3 Å². The van der Waals surface area contributed by atoms with Crippen LogP contribution >= 0.6 is 11.6 Å². The maximum atomic E-state index is 12.8. The first-order valence-electron chi connectivity index (χ1n) is 10.5. The summed E-state index contributed by atoms with van der Waals surface area (Å²) in [5.41, 5.74) is 2.92. The maximum Gasteiger partial charge on any atom is 0.338 e. The molecule has 3 aromatic carbocycles. The predicted molar refractivity (Wildman–Crippen MR) is 129 cm³/mol. The quantitative estimate of drug-likeness (QED) is 0.473. The molecule has 1 aliphatic rings. The van der Waals surface area contributed by atoms with Crippen molar-refractivity contribution in [3.63, 3.8) is 0 Å². The average Bonchev–Trinajstić information content (AvgIpc) is 2.87. The van der Waals surface area contributed by atoms with Crippen LogP contribution in [0.3, 0.4) is 0 Å². The van der Waals surface area contributed by atoms with Gasteiger partial charge in [0.2, 0.25) is 0 Å². The first-order chi connectivity index (χ1) is 16.5. The van der Waals surface area contributed by atoms with Crippen LogP contribution in [0.1, 0.15) is 22.7 Å². The minimum Gasteiger partial charge on any atom is -0.493 e. The Kier molecular flexibility index (Phi) is 7.04. The summed E-state index contributed by atoms with van der Waals surface area (Å²) in [6.45, 7) is 0.282. The van der Waals surface area contributed by atoms with Gasteiger partial charge in [-0.15, -0.1) is 0 Å². The van der Waals surface area contributed by atoms with Crippen LogP contribution in [0.2, 0.25) is 5.02 Å². The van der Waals surface area contributed by atoms with Gasteiger partial charge in [0.1, 0.15) is 6.61 Å². The second-order valence-electron chi connectivity index (χ2n) is 7.50. The lowest BCUT2D eigenvalue weighted by Gasteiger charge is -2.29. The summed E-state index contributed by atoms with van der Waals surface area (Å²) < 4.78 is 16.5. The molecule has 7 nitrogen and oxygen atoms in total. The first kappa shape index (κ1) is 23.2. The highest BCUT2D eigenvalue weighted by molar-refractivity contribution is 6.30. The van der Waals surface area contributed by atoms with Crippen molar-refractivity contribution < 1.29 is 23.8 Å². The van der Waals surface area contributed by atoms with E-state index in [0.717, 1.165) is 5.56 Å². The van der Waals surface area contributed by atoms with E-state index >= 15 is 0 Å². The summed E-state index contributed by atoms with van der Waals surface area (Å²) in [6.07, 6.45) is 0. The third-order valence-electron chi connectivity index (χ3n) is 5.37. The highest BCUT2D eigenvalue weighted by Gasteiger charge is 2.34. The predicted octanol–water partition coefficient (Wildman–Crippen LogP) is 4.87. The minimum absolute atomic E-state index is 0.280. The van der Waals surface area contributed by atoms with Gasteiger partial charge in [-0.1, -0.05) is 60.1 Å². The van der Waals surface area contributed by atoms with Gasteiger partial charge in [0.05, 0.1) is 31.5 Å². The SMILES string of the molecule is COC(=O)C1=C(c2ccccc2)NC(=O)NC1c1ccc(OC)c(OCc2ccc(Cl)cc2)c1. The van der Waals surface area contributed by atoms with E-state index in [9.17, 15) is 9.59 Å². The molecular formula is C26H23ClN2O5. The number of methoxy groups -OCH3 is 2. The highest BCUT2D eigenvalue weighted by Crippen LogP contribution is 2.36. The molecule has 0 bridgehead atoms. The molecule has 174 valence electrons. The van der Waals surface area contributed by atoms with Gasteiger partial charge in [-0.25, -0.2) is 9.59 Å². The molecule has 8 heteroatoms. The number of amides is 2. The number of nitrogens with one attached hydrogen (secondary N) is 2. The minimum atomic E-state index is -0.764. The Bertz CT molecular complexity index is 1230. The molecule has 0 saturated heterocycles. The molecule has 0 fully saturated rings. The summed E-state index contributed by atoms with van der Waals surface area (Å²) in [5.74, 6) is 0.425. The fourth-order valence-corrected chi connectivity index (χ4v) is 3.83. The van der Waals surface area contributed by atoms with Gasteiger partial charge in [0, 0.05) is 5.02 Å². The topological polar surface area (TPSA) is 85.9 Å². The zero-order chi connectivity index (χ0) is 24.1. The van der Waals surface area contributed by atoms with Crippen LogP contribution in [-0.4, -0.2) is 26.2 Å². The van der Waals surface area contributed by atoms with Crippen molar-refractivity contribution in [1.82, 2.24) is 10.6 Å². The van der Waals surface area contributed by atoms with Crippen LogP contribution in [0.25, 0.3) is 5.70 Å². The zero-order valence-electron chi connectivity index (χ0n) is 18.6. The lowest BCUT2D eigenvalue weighted by atomic mass is 9.92. The van der Waals surface area contributed by atoms with Crippen molar-refractivity contribution in [2.75, 3.05) is 14.2 Å². The van der Waals surface area contributed by atoms with Crippen molar-refractivity contribution in [2.24, 2.45) is 0 Å². The monoisotopic (exact) mass is 478 g/mol. The van der Waals surface area contributed by atoms with Crippen LogP contribution in [0, 0.1) is 0 Å². The molecule has 1 unspecified atom stereocenters. The molecule has 0 aliphatic carbocycles. The number of halogens is 1. The van der Waals surface area contributed by atoms with E-state index in [1.54, 1.807) is 37.4 Å². The molecule has 0 aromatic heterocycles. The van der Waals surface area contributed by atoms with Crippen molar-refractivity contribution in [3.8, 4) is 11.5 Å². The fraction of sp³-hybridized carbons (Fsp3) is 0.154. The molecular weight excluding hydrogens is 456 g/mol. The van der Waals surface area contributed by atoms with E-state index in [1.165, 1.54) is 7.11 Å². The second kappa shape index (κ2) is 10.3. The van der Waals surface area contributed by atoms with Crippen LogP contribution in [-0.2, 0) is 16.1 Å². The smallest absolute Gasteiger partial charge is 0.338 e. The Hall–Kier alpha value is -3.97. The summed E-state index contributed by atoms with van der Waals surface area (Å²) in [7, 11) is 2.85. The van der Waals surface area contributed by atoms with Gasteiger partial charge in [-0.3, -0.25) is 0 Å². The summed E-state index contributed by atoms with van der Waals surface area (Å²) in [4.78, 5) is 25.4. The fourth-order valence-electron chi connectivity index (χ4n) is 3.70. The molecule has 0 spiro atoms. The Morgan fingerprint density at radius 3 is 2.38 bits per heavy atom. The van der Waals surface area contributed by atoms with E-state index in [-0.39, 0.29) is 12.2 Å². The molecule has 1 aliphatic heterocycles. The van der Waals surface area contributed by atoms with Crippen molar-refractivity contribution in [3.05, 3.63) is 100 Å². The number of esters is 1. The van der Waals surface area contributed by atoms with Crippen LogP contribution < -0.4 is 20.1 Å². The Morgan fingerprint density at radius 1 is 0.971 bits per heavy atom. The number of benzene rings is 3. The largest absolute Gasteiger partial charge is 0.493 e. The standard InChI is InChI=1S/C26H23ClN2O5/c1-32-20-13-10-18(14-21(20)34-15-16-8-11-19(27)12-9-16)24-22(25(30)33-2)23(28-26(31)29-24)17-6-4-3-5-7-17/h3-14,24H,15H2,1-2H3,(H2,28,29,31). The van der Waals surface area contributed by atoms with Crippen LogP contribution in [0.15, 0.2) is 78.4 Å². The van der Waals surface area contributed by atoms with Gasteiger partial charge >= 0.3 is 12.0 Å². The number of hydrogen-bond acceptors (Lipinski definition) is 5. The Labute approximate surface area is 202 Å². The number of rotatable bonds is 7. The normalized spacial score (nSPS) is 15.3. The van der Waals surface area contributed by atoms with Gasteiger partial charge in [0.25, 0.3) is 0 Å². The number of ether oxygens (including phenoxy) is 3. The Balaban J connectivity index is 1.73. The van der Waals surface area contributed by atoms with E-state index < -0.39 is 18.0 Å². The third kappa shape index (κ3) is 5.00. The van der Waals surface area contributed by atoms with Gasteiger partial charge in [0.15, 0.2) is 11.5 Å². The van der Waals surface area contributed by atoms with E-state index in [1.807, 2.05) is 42.5 Å². The molecule has 3 aromatic rings. The molecule has 1 atom stereocenters. The molecule has 1 heterocycles. The van der Waals surface area contributed by atoms with Gasteiger partial charge in [-0.2, -0.15) is 0 Å².